The van der Waals surface area contributed by atoms with Crippen LogP contribution in [0.5, 0.6) is 11.6 Å². The van der Waals surface area contributed by atoms with Crippen molar-refractivity contribution in [3.8, 4) is 11.6 Å². The molecule has 0 saturated heterocycles. The quantitative estimate of drug-likeness (QED) is 0.885. The lowest BCUT2D eigenvalue weighted by atomic mass is 10.0. The molecule has 2 rings (SSSR count). The van der Waals surface area contributed by atoms with Crippen LogP contribution in [0.25, 0.3) is 0 Å². The van der Waals surface area contributed by atoms with Gasteiger partial charge in [0.15, 0.2) is 0 Å². The minimum Gasteiger partial charge on any atom is -0.439 e. The molecule has 0 atom stereocenters. The van der Waals surface area contributed by atoms with Gasteiger partial charge in [-0.05, 0) is 36.7 Å². The number of aromatic nitrogens is 1. The van der Waals surface area contributed by atoms with E-state index in [0.717, 1.165) is 18.0 Å². The second-order valence-corrected chi connectivity index (χ2v) is 4.82. The van der Waals surface area contributed by atoms with Crippen LogP contribution in [0.2, 0.25) is 0 Å². The Kier molecular flexibility index (Phi) is 4.53. The molecular formula is C16H20N2O. The van der Waals surface area contributed by atoms with Crippen LogP contribution in [-0.2, 0) is 6.54 Å². The van der Waals surface area contributed by atoms with Crippen LogP contribution in [-0.4, -0.2) is 12.0 Å². The van der Waals surface area contributed by atoms with Crippen molar-refractivity contribution in [2.75, 3.05) is 7.05 Å². The highest BCUT2D eigenvalue weighted by Crippen LogP contribution is 2.22. The van der Waals surface area contributed by atoms with Crippen LogP contribution in [0.4, 0.5) is 0 Å². The van der Waals surface area contributed by atoms with Crippen LogP contribution >= 0.6 is 0 Å². The van der Waals surface area contributed by atoms with Crippen molar-refractivity contribution >= 4 is 0 Å². The highest BCUT2D eigenvalue weighted by atomic mass is 16.5. The summed E-state index contributed by atoms with van der Waals surface area (Å²) < 4.78 is 5.76. The maximum absolute atomic E-state index is 5.76. The topological polar surface area (TPSA) is 34.1 Å². The normalized spacial score (nSPS) is 10.7. The molecule has 0 saturated carbocycles. The van der Waals surface area contributed by atoms with E-state index >= 15 is 0 Å². The monoisotopic (exact) mass is 256 g/mol. The molecule has 1 aromatic carbocycles. The molecule has 100 valence electrons. The van der Waals surface area contributed by atoms with Crippen molar-refractivity contribution in [3.63, 3.8) is 0 Å². The number of hydrogen-bond acceptors (Lipinski definition) is 3. The average molecular weight is 256 g/mol. The van der Waals surface area contributed by atoms with Gasteiger partial charge in [-0.3, -0.25) is 0 Å². The Labute approximate surface area is 114 Å². The minimum atomic E-state index is 0.533. The van der Waals surface area contributed by atoms with Crippen molar-refractivity contribution < 1.29 is 4.74 Å². The third-order valence-corrected chi connectivity index (χ3v) is 2.91. The fourth-order valence-electron chi connectivity index (χ4n) is 1.84. The predicted molar refractivity (Wildman–Crippen MR) is 77.6 cm³/mol. The molecule has 0 bridgehead atoms. The van der Waals surface area contributed by atoms with Crippen LogP contribution in [0.1, 0.15) is 31.0 Å². The zero-order chi connectivity index (χ0) is 13.7. The smallest absolute Gasteiger partial charge is 0.219 e. The Hall–Kier alpha value is -1.87. The summed E-state index contributed by atoms with van der Waals surface area (Å²) in [6, 6.07) is 14.0. The molecule has 0 aliphatic heterocycles. The Morgan fingerprint density at radius 3 is 2.47 bits per heavy atom. The summed E-state index contributed by atoms with van der Waals surface area (Å²) in [4.78, 5) is 4.43. The van der Waals surface area contributed by atoms with E-state index in [-0.39, 0.29) is 0 Å². The molecule has 0 unspecified atom stereocenters. The van der Waals surface area contributed by atoms with Gasteiger partial charge in [0.1, 0.15) is 5.75 Å². The maximum Gasteiger partial charge on any atom is 0.219 e. The number of rotatable bonds is 5. The van der Waals surface area contributed by atoms with Crippen molar-refractivity contribution in [1.82, 2.24) is 10.3 Å². The van der Waals surface area contributed by atoms with E-state index in [1.807, 2.05) is 37.4 Å². The number of nitrogens with one attached hydrogen (secondary N) is 1. The van der Waals surface area contributed by atoms with Gasteiger partial charge >= 0.3 is 0 Å². The van der Waals surface area contributed by atoms with Crippen LogP contribution in [0.3, 0.4) is 0 Å². The summed E-state index contributed by atoms with van der Waals surface area (Å²) in [5.41, 5.74) is 2.28. The molecule has 3 heteroatoms. The first-order valence-electron chi connectivity index (χ1n) is 6.57. The summed E-state index contributed by atoms with van der Waals surface area (Å²) in [7, 11) is 1.90. The molecule has 1 N–H and O–H groups in total. The zero-order valence-corrected chi connectivity index (χ0v) is 11.7. The summed E-state index contributed by atoms with van der Waals surface area (Å²) in [6.07, 6.45) is 0. The Morgan fingerprint density at radius 2 is 1.84 bits per heavy atom. The second kappa shape index (κ2) is 6.34. The number of hydrogen-bond donors (Lipinski definition) is 1. The van der Waals surface area contributed by atoms with E-state index in [1.54, 1.807) is 0 Å². The fourth-order valence-corrected chi connectivity index (χ4v) is 1.84. The fraction of sp³-hybridized carbons (Fsp3) is 0.312. The maximum atomic E-state index is 5.76. The molecule has 0 aliphatic carbocycles. The summed E-state index contributed by atoms with van der Waals surface area (Å²) >= 11 is 0. The van der Waals surface area contributed by atoms with Crippen molar-refractivity contribution in [3.05, 3.63) is 53.7 Å². The standard InChI is InChI=1S/C16H20N2O/c1-12(2)13-7-9-15(10-8-13)19-16-6-4-5-14(18-16)11-17-3/h4-10,12,17H,11H2,1-3H3. The van der Waals surface area contributed by atoms with E-state index in [1.165, 1.54) is 5.56 Å². The van der Waals surface area contributed by atoms with Gasteiger partial charge in [0, 0.05) is 12.6 Å². The van der Waals surface area contributed by atoms with Crippen LogP contribution in [0, 0.1) is 0 Å². The Bertz CT molecular complexity index is 521. The van der Waals surface area contributed by atoms with E-state index < -0.39 is 0 Å². The summed E-state index contributed by atoms with van der Waals surface area (Å²) in [5.74, 6) is 1.98. The van der Waals surface area contributed by atoms with Gasteiger partial charge in [0.2, 0.25) is 5.88 Å². The van der Waals surface area contributed by atoms with Gasteiger partial charge in [0.05, 0.1) is 5.69 Å². The molecule has 1 heterocycles. The van der Waals surface area contributed by atoms with Gasteiger partial charge in [0.25, 0.3) is 0 Å². The lowest BCUT2D eigenvalue weighted by Gasteiger charge is -2.09. The van der Waals surface area contributed by atoms with Crippen molar-refractivity contribution in [2.45, 2.75) is 26.3 Å². The molecule has 1 aromatic heterocycles. The van der Waals surface area contributed by atoms with Crippen LogP contribution < -0.4 is 10.1 Å². The first-order valence-corrected chi connectivity index (χ1v) is 6.57. The second-order valence-electron chi connectivity index (χ2n) is 4.82. The predicted octanol–water partition coefficient (Wildman–Crippen LogP) is 3.72. The molecule has 3 nitrogen and oxygen atoms in total. The number of nitrogens with zero attached hydrogens (tertiary/aromatic N) is 1. The summed E-state index contributed by atoms with van der Waals surface area (Å²) in [5, 5.41) is 3.08. The lowest BCUT2D eigenvalue weighted by molar-refractivity contribution is 0.460. The van der Waals surface area contributed by atoms with E-state index in [9.17, 15) is 0 Å². The van der Waals surface area contributed by atoms with Gasteiger partial charge in [-0.15, -0.1) is 0 Å². The lowest BCUT2D eigenvalue weighted by Crippen LogP contribution is -2.06. The number of ether oxygens (including phenoxy) is 1. The van der Waals surface area contributed by atoms with E-state index in [2.05, 4.69) is 36.3 Å². The number of pyridine rings is 1. The Morgan fingerprint density at radius 1 is 1.11 bits per heavy atom. The van der Waals surface area contributed by atoms with Gasteiger partial charge in [-0.2, -0.15) is 0 Å². The highest BCUT2D eigenvalue weighted by Gasteiger charge is 2.02. The number of benzene rings is 1. The van der Waals surface area contributed by atoms with Crippen molar-refractivity contribution in [2.24, 2.45) is 0 Å². The third kappa shape index (κ3) is 3.80. The minimum absolute atomic E-state index is 0.533. The molecule has 19 heavy (non-hydrogen) atoms. The molecule has 0 spiro atoms. The van der Waals surface area contributed by atoms with E-state index in [0.29, 0.717) is 11.8 Å². The van der Waals surface area contributed by atoms with E-state index in [4.69, 9.17) is 4.74 Å². The van der Waals surface area contributed by atoms with Gasteiger partial charge in [-0.1, -0.05) is 32.0 Å². The van der Waals surface area contributed by atoms with Crippen LogP contribution in [0.15, 0.2) is 42.5 Å². The SMILES string of the molecule is CNCc1cccc(Oc2ccc(C(C)C)cc2)n1. The molecule has 0 radical (unpaired) electrons. The first-order chi connectivity index (χ1) is 9.19. The highest BCUT2D eigenvalue weighted by molar-refractivity contribution is 5.32. The molecule has 0 amide bonds. The molecule has 0 aliphatic rings. The zero-order valence-electron chi connectivity index (χ0n) is 11.7. The van der Waals surface area contributed by atoms with Crippen molar-refractivity contribution in [1.29, 1.82) is 0 Å². The molecule has 2 aromatic rings. The average Bonchev–Trinajstić information content (AvgIpc) is 2.40. The largest absolute Gasteiger partial charge is 0.439 e. The Balaban J connectivity index is 2.10. The summed E-state index contributed by atoms with van der Waals surface area (Å²) in [6.45, 7) is 5.10. The van der Waals surface area contributed by atoms with Gasteiger partial charge in [-0.25, -0.2) is 4.98 Å². The molecule has 0 fully saturated rings. The van der Waals surface area contributed by atoms with Gasteiger partial charge < -0.3 is 10.1 Å². The molecular weight excluding hydrogens is 236 g/mol. The first kappa shape index (κ1) is 13.6. The third-order valence-electron chi connectivity index (χ3n) is 2.91.